The van der Waals surface area contributed by atoms with E-state index in [1.165, 1.54) is 9.21 Å². The van der Waals surface area contributed by atoms with Gasteiger partial charge in [-0.1, -0.05) is 34.1 Å². The zero-order valence-electron chi connectivity index (χ0n) is 23.2. The van der Waals surface area contributed by atoms with Crippen molar-refractivity contribution in [2.24, 2.45) is 0 Å². The highest BCUT2D eigenvalue weighted by Gasteiger charge is 2.34. The van der Waals surface area contributed by atoms with Crippen molar-refractivity contribution in [2.75, 3.05) is 31.5 Å². The number of anilines is 1. The Morgan fingerprint density at radius 1 is 0.769 bits per heavy atom. The molecule has 1 aliphatic heterocycles. The van der Waals surface area contributed by atoms with Crippen LogP contribution in [0, 0.1) is 41.5 Å². The van der Waals surface area contributed by atoms with Gasteiger partial charge in [-0.05, 0) is 110 Å². The van der Waals surface area contributed by atoms with E-state index in [0.717, 1.165) is 49.0 Å². The largest absolute Gasteiger partial charge is 0.332 e. The average Bonchev–Trinajstić information content (AvgIpc) is 2.91. The minimum absolute atomic E-state index is 0.132. The average molecular weight is 613 g/mol. The van der Waals surface area contributed by atoms with E-state index < -0.39 is 21.8 Å². The maximum atomic E-state index is 13.6. The number of halogens is 1. The van der Waals surface area contributed by atoms with E-state index in [-0.39, 0.29) is 26.2 Å². The number of nitrogens with zero attached hydrogens (tertiary/aromatic N) is 2. The Kier molecular flexibility index (Phi) is 8.35. The van der Waals surface area contributed by atoms with Crippen LogP contribution >= 0.6 is 15.9 Å². The van der Waals surface area contributed by atoms with Gasteiger partial charge in [-0.3, -0.25) is 9.59 Å². The van der Waals surface area contributed by atoms with Gasteiger partial charge >= 0.3 is 11.8 Å². The molecular weight excluding hydrogens is 578 g/mol. The monoisotopic (exact) mass is 611 g/mol. The van der Waals surface area contributed by atoms with Crippen LogP contribution in [-0.4, -0.2) is 55.6 Å². The van der Waals surface area contributed by atoms with Crippen LogP contribution in [0.3, 0.4) is 0 Å². The predicted molar refractivity (Wildman–Crippen MR) is 158 cm³/mol. The Morgan fingerprint density at radius 3 is 1.85 bits per heavy atom. The highest BCUT2D eigenvalue weighted by molar-refractivity contribution is 9.10. The number of piperazine rings is 1. The standard InChI is InChI=1S/C30H34BrN3O4S/c1-18-17-26(11-12-27(18)24-7-9-25(31)10-8-24)32-29(35)30(36)33-13-15-34(16-14-33)39(37,38)28-22(5)20(3)19(2)21(4)23(28)6/h7-12,17H,13-16H2,1-6H3,(H,32,35). The molecule has 1 aliphatic rings. The second kappa shape index (κ2) is 11.2. The molecule has 2 amide bonds. The van der Waals surface area contributed by atoms with Crippen LogP contribution in [0.2, 0.25) is 0 Å². The smallest absolute Gasteiger partial charge is 0.313 e. The van der Waals surface area contributed by atoms with Crippen molar-refractivity contribution in [3.63, 3.8) is 0 Å². The summed E-state index contributed by atoms with van der Waals surface area (Å²) in [4.78, 5) is 27.4. The number of benzene rings is 3. The molecule has 1 fully saturated rings. The number of hydrogen-bond acceptors (Lipinski definition) is 4. The number of hydrogen-bond donors (Lipinski definition) is 1. The van der Waals surface area contributed by atoms with Crippen LogP contribution in [0.25, 0.3) is 11.1 Å². The van der Waals surface area contributed by atoms with Gasteiger partial charge in [-0.25, -0.2) is 8.42 Å². The Hall–Kier alpha value is -3.01. The van der Waals surface area contributed by atoms with Crippen LogP contribution in [0.1, 0.15) is 33.4 Å². The van der Waals surface area contributed by atoms with Gasteiger partial charge < -0.3 is 10.2 Å². The third kappa shape index (κ3) is 5.66. The lowest BCUT2D eigenvalue weighted by Crippen LogP contribution is -2.53. The fraction of sp³-hybridized carbons (Fsp3) is 0.333. The number of carbonyl (C=O) groups is 2. The first-order chi connectivity index (χ1) is 18.3. The van der Waals surface area contributed by atoms with E-state index in [1.54, 1.807) is 6.07 Å². The van der Waals surface area contributed by atoms with E-state index in [0.29, 0.717) is 10.6 Å². The van der Waals surface area contributed by atoms with Crippen molar-refractivity contribution in [1.29, 1.82) is 0 Å². The number of carbonyl (C=O) groups excluding carboxylic acids is 2. The first-order valence-corrected chi connectivity index (χ1v) is 15.1. The number of aryl methyl sites for hydroxylation is 1. The Bertz CT molecular complexity index is 1530. The number of nitrogens with one attached hydrogen (secondary N) is 1. The van der Waals surface area contributed by atoms with Gasteiger partial charge in [0.1, 0.15) is 0 Å². The van der Waals surface area contributed by atoms with E-state index >= 15 is 0 Å². The van der Waals surface area contributed by atoms with Crippen molar-refractivity contribution in [3.05, 3.63) is 80.3 Å². The Morgan fingerprint density at radius 2 is 1.31 bits per heavy atom. The Balaban J connectivity index is 1.42. The first-order valence-electron chi connectivity index (χ1n) is 12.9. The lowest BCUT2D eigenvalue weighted by Gasteiger charge is -2.34. The zero-order chi connectivity index (χ0) is 28.6. The Labute approximate surface area is 239 Å². The summed E-state index contributed by atoms with van der Waals surface area (Å²) in [5.74, 6) is -1.41. The molecule has 0 spiro atoms. The SMILES string of the molecule is Cc1cc(NC(=O)C(=O)N2CCN(S(=O)(=O)c3c(C)c(C)c(C)c(C)c3C)CC2)ccc1-c1ccc(Br)cc1. The zero-order valence-corrected chi connectivity index (χ0v) is 25.6. The van der Waals surface area contributed by atoms with Crippen molar-refractivity contribution < 1.29 is 18.0 Å². The van der Waals surface area contributed by atoms with Gasteiger partial charge in [0, 0.05) is 36.3 Å². The first kappa shape index (κ1) is 29.0. The lowest BCUT2D eigenvalue weighted by molar-refractivity contribution is -0.143. The molecule has 3 aromatic carbocycles. The second-order valence-corrected chi connectivity index (χ2v) is 12.9. The molecule has 1 N–H and O–H groups in total. The number of rotatable bonds is 4. The van der Waals surface area contributed by atoms with Crippen molar-refractivity contribution in [1.82, 2.24) is 9.21 Å². The summed E-state index contributed by atoms with van der Waals surface area (Å²) in [6.07, 6.45) is 0. The minimum atomic E-state index is -3.75. The lowest BCUT2D eigenvalue weighted by atomic mass is 9.95. The van der Waals surface area contributed by atoms with Gasteiger partial charge in [-0.15, -0.1) is 0 Å². The third-order valence-electron chi connectivity index (χ3n) is 7.89. The predicted octanol–water partition coefficient (Wildman–Crippen LogP) is 5.44. The molecule has 7 nitrogen and oxygen atoms in total. The summed E-state index contributed by atoms with van der Waals surface area (Å²) in [5.41, 5.74) is 8.16. The molecule has 0 aliphatic carbocycles. The summed E-state index contributed by atoms with van der Waals surface area (Å²) in [5, 5.41) is 2.70. The minimum Gasteiger partial charge on any atom is -0.332 e. The molecule has 3 aromatic rings. The van der Waals surface area contributed by atoms with Gasteiger partial charge in [-0.2, -0.15) is 4.31 Å². The summed E-state index contributed by atoms with van der Waals surface area (Å²) < 4.78 is 29.6. The van der Waals surface area contributed by atoms with Gasteiger partial charge in [0.15, 0.2) is 0 Å². The summed E-state index contributed by atoms with van der Waals surface area (Å²) in [7, 11) is -3.75. The highest BCUT2D eigenvalue weighted by atomic mass is 79.9. The normalized spacial score (nSPS) is 14.4. The molecular formula is C30H34BrN3O4S. The molecule has 9 heteroatoms. The van der Waals surface area contributed by atoms with Crippen molar-refractivity contribution in [3.8, 4) is 11.1 Å². The molecule has 4 rings (SSSR count). The molecule has 0 radical (unpaired) electrons. The number of sulfonamides is 1. The summed E-state index contributed by atoms with van der Waals surface area (Å²) >= 11 is 3.44. The van der Waals surface area contributed by atoms with E-state index in [9.17, 15) is 18.0 Å². The van der Waals surface area contributed by atoms with Gasteiger partial charge in [0.2, 0.25) is 10.0 Å². The van der Waals surface area contributed by atoms with Crippen molar-refractivity contribution in [2.45, 2.75) is 46.4 Å². The molecule has 1 heterocycles. The van der Waals surface area contributed by atoms with Crippen molar-refractivity contribution >= 4 is 43.5 Å². The van der Waals surface area contributed by atoms with E-state index in [4.69, 9.17) is 0 Å². The topological polar surface area (TPSA) is 86.8 Å². The fourth-order valence-electron chi connectivity index (χ4n) is 5.14. The maximum absolute atomic E-state index is 13.6. The molecule has 0 unspecified atom stereocenters. The van der Waals surface area contributed by atoms with Crippen LogP contribution in [0.15, 0.2) is 51.8 Å². The van der Waals surface area contributed by atoms with Gasteiger partial charge in [0.25, 0.3) is 0 Å². The van der Waals surface area contributed by atoms with Crippen LogP contribution < -0.4 is 5.32 Å². The van der Waals surface area contributed by atoms with Gasteiger partial charge in [0.05, 0.1) is 4.90 Å². The summed E-state index contributed by atoms with van der Waals surface area (Å²) in [6, 6.07) is 13.5. The van der Waals surface area contributed by atoms with E-state index in [2.05, 4.69) is 21.2 Å². The molecule has 39 heavy (non-hydrogen) atoms. The molecule has 0 aromatic heterocycles. The summed E-state index contributed by atoms with van der Waals surface area (Å²) in [6.45, 7) is 12.1. The molecule has 0 atom stereocenters. The maximum Gasteiger partial charge on any atom is 0.313 e. The quantitative estimate of drug-likeness (QED) is 0.398. The molecule has 1 saturated heterocycles. The van der Waals surface area contributed by atoms with Crippen LogP contribution in [-0.2, 0) is 19.6 Å². The molecule has 0 bridgehead atoms. The molecule has 0 saturated carbocycles. The third-order valence-corrected chi connectivity index (χ3v) is 10.6. The van der Waals surface area contributed by atoms with Crippen LogP contribution in [0.5, 0.6) is 0 Å². The highest BCUT2D eigenvalue weighted by Crippen LogP contribution is 2.32. The molecule has 206 valence electrons. The fourth-order valence-corrected chi connectivity index (χ4v) is 7.38. The van der Waals surface area contributed by atoms with E-state index in [1.807, 2.05) is 77.9 Å². The second-order valence-electron chi connectivity index (χ2n) is 10.1. The number of amides is 2. The van der Waals surface area contributed by atoms with Crippen LogP contribution in [0.4, 0.5) is 5.69 Å².